The Morgan fingerprint density at radius 3 is 2.80 bits per heavy atom. The number of aryl methyl sites for hydroxylation is 1. The number of benzene rings is 1. The fourth-order valence-corrected chi connectivity index (χ4v) is 2.41. The van der Waals surface area contributed by atoms with Crippen molar-refractivity contribution in [2.75, 3.05) is 13.2 Å². The minimum absolute atomic E-state index is 0.171. The van der Waals surface area contributed by atoms with Gasteiger partial charge in [-0.05, 0) is 24.1 Å². The summed E-state index contributed by atoms with van der Waals surface area (Å²) < 4.78 is 5.55. The molecule has 1 aliphatic heterocycles. The van der Waals surface area contributed by atoms with Crippen LogP contribution in [0, 0.1) is 6.92 Å². The van der Waals surface area contributed by atoms with Gasteiger partial charge in [-0.1, -0.05) is 19.9 Å². The summed E-state index contributed by atoms with van der Waals surface area (Å²) in [5.74, 6) is 0.997. The predicted octanol–water partition coefficient (Wildman–Crippen LogP) is 2.20. The number of aliphatic hydroxyl groups is 1. The van der Waals surface area contributed by atoms with Crippen LogP contribution in [-0.4, -0.2) is 18.3 Å². The number of ether oxygens (including phenoxy) is 1. The number of rotatable bonds is 2. The molecule has 1 N–H and O–H groups in total. The first-order chi connectivity index (χ1) is 7.06. The van der Waals surface area contributed by atoms with Crippen molar-refractivity contribution in [1.82, 2.24) is 0 Å². The van der Waals surface area contributed by atoms with Gasteiger partial charge in [0.05, 0.1) is 13.2 Å². The molecule has 0 aliphatic carbocycles. The summed E-state index contributed by atoms with van der Waals surface area (Å²) in [6.07, 6.45) is 0.968. The van der Waals surface area contributed by atoms with Crippen molar-refractivity contribution in [1.29, 1.82) is 0 Å². The number of hydrogen-bond donors (Lipinski definition) is 1. The van der Waals surface area contributed by atoms with Gasteiger partial charge in [0.1, 0.15) is 5.75 Å². The Hall–Kier alpha value is -1.02. The minimum Gasteiger partial charge on any atom is -0.493 e. The van der Waals surface area contributed by atoms with Crippen LogP contribution in [-0.2, 0) is 11.8 Å². The highest BCUT2D eigenvalue weighted by molar-refractivity contribution is 5.50. The third-order valence-corrected chi connectivity index (χ3v) is 3.16. The summed E-state index contributed by atoms with van der Waals surface area (Å²) in [5, 5.41) is 9.46. The second kappa shape index (κ2) is 3.53. The quantitative estimate of drug-likeness (QED) is 0.803. The summed E-state index contributed by atoms with van der Waals surface area (Å²) in [5.41, 5.74) is 3.62. The van der Waals surface area contributed by atoms with Gasteiger partial charge in [-0.25, -0.2) is 0 Å². The van der Waals surface area contributed by atoms with Crippen molar-refractivity contribution >= 4 is 0 Å². The van der Waals surface area contributed by atoms with Gasteiger partial charge >= 0.3 is 0 Å². The zero-order valence-corrected chi connectivity index (χ0v) is 9.63. The second-order valence-corrected chi connectivity index (χ2v) is 4.87. The van der Waals surface area contributed by atoms with Gasteiger partial charge in [0, 0.05) is 17.4 Å². The van der Waals surface area contributed by atoms with Crippen LogP contribution < -0.4 is 4.74 Å². The van der Waals surface area contributed by atoms with E-state index in [2.05, 4.69) is 26.8 Å². The van der Waals surface area contributed by atoms with E-state index in [0.717, 1.165) is 18.8 Å². The van der Waals surface area contributed by atoms with E-state index in [1.165, 1.54) is 16.7 Å². The molecule has 0 saturated heterocycles. The summed E-state index contributed by atoms with van der Waals surface area (Å²) in [4.78, 5) is 0. The molecule has 1 aromatic rings. The van der Waals surface area contributed by atoms with Crippen molar-refractivity contribution in [3.8, 4) is 5.75 Å². The molecule has 0 amide bonds. The standard InChI is InChI=1S/C13H18O2/c1-9-4-5-11-10(6-7-15-11)12(9)13(2,3)8-14/h4-5,14H,6-8H2,1-3H3. The number of hydrogen-bond acceptors (Lipinski definition) is 2. The molecule has 2 nitrogen and oxygen atoms in total. The van der Waals surface area contributed by atoms with Crippen LogP contribution in [0.1, 0.15) is 30.5 Å². The highest BCUT2D eigenvalue weighted by atomic mass is 16.5. The largest absolute Gasteiger partial charge is 0.493 e. The molecular weight excluding hydrogens is 188 g/mol. The van der Waals surface area contributed by atoms with E-state index in [4.69, 9.17) is 4.74 Å². The Bertz CT molecular complexity index is 380. The molecule has 2 heteroatoms. The second-order valence-electron chi connectivity index (χ2n) is 4.87. The molecule has 82 valence electrons. The lowest BCUT2D eigenvalue weighted by molar-refractivity contribution is 0.217. The Kier molecular flexibility index (Phi) is 2.47. The molecule has 0 radical (unpaired) electrons. The smallest absolute Gasteiger partial charge is 0.122 e. The van der Waals surface area contributed by atoms with Gasteiger partial charge in [-0.3, -0.25) is 0 Å². The van der Waals surface area contributed by atoms with E-state index in [0.29, 0.717) is 0 Å². The first-order valence-corrected chi connectivity index (χ1v) is 5.43. The maximum Gasteiger partial charge on any atom is 0.122 e. The fourth-order valence-electron chi connectivity index (χ4n) is 2.41. The molecule has 0 bridgehead atoms. The van der Waals surface area contributed by atoms with E-state index >= 15 is 0 Å². The Morgan fingerprint density at radius 1 is 1.40 bits per heavy atom. The SMILES string of the molecule is Cc1ccc2c(c1C(C)(C)CO)CCO2. The first-order valence-electron chi connectivity index (χ1n) is 5.43. The fraction of sp³-hybridized carbons (Fsp3) is 0.538. The maximum absolute atomic E-state index is 9.46. The molecule has 0 aromatic heterocycles. The molecule has 15 heavy (non-hydrogen) atoms. The normalized spacial score (nSPS) is 14.9. The first kappa shape index (κ1) is 10.5. The number of aliphatic hydroxyl groups excluding tert-OH is 1. The molecule has 1 aliphatic rings. The molecule has 0 atom stereocenters. The molecule has 0 saturated carbocycles. The van der Waals surface area contributed by atoms with Crippen LogP contribution in [0.3, 0.4) is 0 Å². The summed E-state index contributed by atoms with van der Waals surface area (Å²) >= 11 is 0. The van der Waals surface area contributed by atoms with E-state index < -0.39 is 0 Å². The van der Waals surface area contributed by atoms with Crippen molar-refractivity contribution in [3.05, 3.63) is 28.8 Å². The lowest BCUT2D eigenvalue weighted by Gasteiger charge is -2.26. The highest BCUT2D eigenvalue weighted by Crippen LogP contribution is 2.37. The lowest BCUT2D eigenvalue weighted by atomic mass is 9.79. The minimum atomic E-state index is -0.177. The van der Waals surface area contributed by atoms with Gasteiger partial charge in [-0.2, -0.15) is 0 Å². The summed E-state index contributed by atoms with van der Waals surface area (Å²) in [6.45, 7) is 7.20. The van der Waals surface area contributed by atoms with Crippen LogP contribution in [0.2, 0.25) is 0 Å². The molecule has 1 aromatic carbocycles. The van der Waals surface area contributed by atoms with Crippen LogP contribution in [0.4, 0.5) is 0 Å². The van der Waals surface area contributed by atoms with Gasteiger partial charge in [0.15, 0.2) is 0 Å². The topological polar surface area (TPSA) is 29.5 Å². The van der Waals surface area contributed by atoms with Crippen LogP contribution >= 0.6 is 0 Å². The monoisotopic (exact) mass is 206 g/mol. The van der Waals surface area contributed by atoms with Gasteiger partial charge in [0.2, 0.25) is 0 Å². The van der Waals surface area contributed by atoms with Crippen LogP contribution in [0.15, 0.2) is 12.1 Å². The van der Waals surface area contributed by atoms with E-state index in [-0.39, 0.29) is 12.0 Å². The molecule has 1 heterocycles. The lowest BCUT2D eigenvalue weighted by Crippen LogP contribution is -2.24. The zero-order valence-electron chi connectivity index (χ0n) is 9.63. The third kappa shape index (κ3) is 1.63. The van der Waals surface area contributed by atoms with Crippen molar-refractivity contribution in [2.24, 2.45) is 0 Å². The highest BCUT2D eigenvalue weighted by Gasteiger charge is 2.28. The summed E-state index contributed by atoms with van der Waals surface area (Å²) in [6, 6.07) is 4.12. The Morgan fingerprint density at radius 2 is 2.13 bits per heavy atom. The van der Waals surface area contributed by atoms with Gasteiger partial charge in [-0.15, -0.1) is 0 Å². The molecule has 2 rings (SSSR count). The zero-order chi connectivity index (χ0) is 11.1. The molecule has 0 fully saturated rings. The Labute approximate surface area is 90.9 Å². The van der Waals surface area contributed by atoms with Crippen molar-refractivity contribution < 1.29 is 9.84 Å². The predicted molar refractivity (Wildman–Crippen MR) is 60.5 cm³/mol. The van der Waals surface area contributed by atoms with Crippen molar-refractivity contribution in [2.45, 2.75) is 32.6 Å². The number of fused-ring (bicyclic) bond motifs is 1. The molecule has 0 spiro atoms. The van der Waals surface area contributed by atoms with Gasteiger partial charge in [0.25, 0.3) is 0 Å². The Balaban J connectivity index is 2.60. The maximum atomic E-state index is 9.46. The van der Waals surface area contributed by atoms with E-state index in [9.17, 15) is 5.11 Å². The van der Waals surface area contributed by atoms with Crippen molar-refractivity contribution in [3.63, 3.8) is 0 Å². The molecular formula is C13H18O2. The van der Waals surface area contributed by atoms with Crippen LogP contribution in [0.25, 0.3) is 0 Å². The average Bonchev–Trinajstić information content (AvgIpc) is 2.64. The average molecular weight is 206 g/mol. The van der Waals surface area contributed by atoms with E-state index in [1.54, 1.807) is 0 Å². The van der Waals surface area contributed by atoms with Crippen LogP contribution in [0.5, 0.6) is 5.75 Å². The third-order valence-electron chi connectivity index (χ3n) is 3.16. The van der Waals surface area contributed by atoms with Gasteiger partial charge < -0.3 is 9.84 Å². The van der Waals surface area contributed by atoms with E-state index in [1.807, 2.05) is 6.07 Å². The molecule has 0 unspecified atom stereocenters. The summed E-state index contributed by atoms with van der Waals surface area (Å²) in [7, 11) is 0.